The molecule has 0 spiro atoms. The third-order valence-corrected chi connectivity index (χ3v) is 5.82. The van der Waals surface area contributed by atoms with Gasteiger partial charge >= 0.3 is 0 Å². The maximum atomic E-state index is 13.9. The lowest BCUT2D eigenvalue weighted by Gasteiger charge is -2.03. The van der Waals surface area contributed by atoms with E-state index in [-0.39, 0.29) is 23.6 Å². The predicted molar refractivity (Wildman–Crippen MR) is 108 cm³/mol. The van der Waals surface area contributed by atoms with Gasteiger partial charge in [0.1, 0.15) is 11.6 Å². The molecule has 1 aromatic carbocycles. The van der Waals surface area contributed by atoms with Crippen molar-refractivity contribution in [1.82, 2.24) is 19.7 Å². The highest BCUT2D eigenvalue weighted by atomic mass is 32.1. The van der Waals surface area contributed by atoms with Gasteiger partial charge in [0.15, 0.2) is 9.90 Å². The number of carbonyl (C=O) groups is 1. The molecule has 0 unspecified atom stereocenters. The molecule has 2 heterocycles. The van der Waals surface area contributed by atoms with Crippen molar-refractivity contribution in [3.8, 4) is 0 Å². The number of hydrogen-bond acceptors (Lipinski definition) is 5. The zero-order chi connectivity index (χ0) is 19.7. The van der Waals surface area contributed by atoms with Gasteiger partial charge < -0.3 is 5.32 Å². The molecule has 3 aromatic rings. The summed E-state index contributed by atoms with van der Waals surface area (Å²) in [7, 11) is 0. The molecule has 1 saturated carbocycles. The van der Waals surface area contributed by atoms with E-state index in [0.717, 1.165) is 11.5 Å². The summed E-state index contributed by atoms with van der Waals surface area (Å²) in [6.45, 7) is 4.29. The Morgan fingerprint density at radius 3 is 3.11 bits per heavy atom. The van der Waals surface area contributed by atoms with Crippen molar-refractivity contribution in [3.05, 3.63) is 70.0 Å². The maximum Gasteiger partial charge on any atom is 0.229 e. The SMILES string of the molecule is C=CCn1c(Cc2csc(NC(=O)[C@H]3C[C@H]3c3ccccc3F)n2)n[nH]c1=S. The van der Waals surface area contributed by atoms with Gasteiger partial charge in [0.25, 0.3) is 0 Å². The Morgan fingerprint density at radius 1 is 1.50 bits per heavy atom. The largest absolute Gasteiger partial charge is 0.302 e. The second-order valence-corrected chi connectivity index (χ2v) is 7.87. The first-order chi connectivity index (χ1) is 13.6. The lowest BCUT2D eigenvalue weighted by molar-refractivity contribution is -0.117. The van der Waals surface area contributed by atoms with Gasteiger partial charge in [-0.15, -0.1) is 17.9 Å². The summed E-state index contributed by atoms with van der Waals surface area (Å²) in [5.41, 5.74) is 1.40. The number of amides is 1. The molecular weight excluding hydrogens is 397 g/mol. The van der Waals surface area contributed by atoms with Crippen molar-refractivity contribution in [3.63, 3.8) is 0 Å². The van der Waals surface area contributed by atoms with Crippen LogP contribution in [0.25, 0.3) is 0 Å². The second kappa shape index (κ2) is 7.76. The van der Waals surface area contributed by atoms with Gasteiger partial charge in [-0.3, -0.25) is 14.5 Å². The van der Waals surface area contributed by atoms with Crippen molar-refractivity contribution >= 4 is 34.6 Å². The molecule has 1 amide bonds. The number of carbonyl (C=O) groups excluding carboxylic acids is 1. The van der Waals surface area contributed by atoms with Crippen LogP contribution in [0.2, 0.25) is 0 Å². The maximum absolute atomic E-state index is 13.9. The minimum absolute atomic E-state index is 0.0620. The van der Waals surface area contributed by atoms with Gasteiger partial charge in [0.05, 0.1) is 12.1 Å². The van der Waals surface area contributed by atoms with Gasteiger partial charge in [0, 0.05) is 17.8 Å². The molecule has 1 aliphatic carbocycles. The molecule has 2 atom stereocenters. The fourth-order valence-corrected chi connectivity index (χ4v) is 4.15. The van der Waals surface area contributed by atoms with E-state index in [1.165, 1.54) is 17.4 Å². The highest BCUT2D eigenvalue weighted by Gasteiger charge is 2.45. The molecular formula is C19H18FN5OS2. The van der Waals surface area contributed by atoms with Crippen LogP contribution in [0.5, 0.6) is 0 Å². The Labute approximate surface area is 170 Å². The van der Waals surface area contributed by atoms with E-state index < -0.39 is 0 Å². The van der Waals surface area contributed by atoms with E-state index in [1.807, 2.05) is 9.95 Å². The van der Waals surface area contributed by atoms with Crippen LogP contribution in [0.15, 0.2) is 42.3 Å². The number of halogens is 1. The van der Waals surface area contributed by atoms with Crippen molar-refractivity contribution in [2.24, 2.45) is 5.92 Å². The van der Waals surface area contributed by atoms with Crippen molar-refractivity contribution in [2.45, 2.75) is 25.3 Å². The van der Waals surface area contributed by atoms with Crippen LogP contribution in [-0.4, -0.2) is 25.7 Å². The van der Waals surface area contributed by atoms with E-state index >= 15 is 0 Å². The summed E-state index contributed by atoms with van der Waals surface area (Å²) in [6, 6.07) is 6.61. The average molecular weight is 416 g/mol. The van der Waals surface area contributed by atoms with E-state index in [2.05, 4.69) is 27.1 Å². The first-order valence-corrected chi connectivity index (χ1v) is 10.1. The third kappa shape index (κ3) is 3.81. The number of aromatic amines is 1. The molecule has 1 fully saturated rings. The predicted octanol–water partition coefficient (Wildman–Crippen LogP) is 4.06. The number of benzene rings is 1. The van der Waals surface area contributed by atoms with Crippen LogP contribution in [0.3, 0.4) is 0 Å². The summed E-state index contributed by atoms with van der Waals surface area (Å²) in [5.74, 6) is 0.104. The molecule has 0 radical (unpaired) electrons. The van der Waals surface area contributed by atoms with Crippen molar-refractivity contribution in [2.75, 3.05) is 5.32 Å². The molecule has 28 heavy (non-hydrogen) atoms. The molecule has 6 nitrogen and oxygen atoms in total. The molecule has 144 valence electrons. The average Bonchev–Trinajstić information content (AvgIpc) is 3.25. The number of nitrogens with one attached hydrogen (secondary N) is 2. The van der Waals surface area contributed by atoms with Crippen LogP contribution >= 0.6 is 23.6 Å². The highest BCUT2D eigenvalue weighted by molar-refractivity contribution is 7.71. The van der Waals surface area contributed by atoms with E-state index in [0.29, 0.717) is 34.9 Å². The third-order valence-electron chi connectivity index (χ3n) is 4.70. The van der Waals surface area contributed by atoms with Crippen LogP contribution in [0.4, 0.5) is 9.52 Å². The highest BCUT2D eigenvalue weighted by Crippen LogP contribution is 2.48. The Morgan fingerprint density at radius 2 is 2.32 bits per heavy atom. The second-order valence-electron chi connectivity index (χ2n) is 6.62. The fraction of sp³-hybridized carbons (Fsp3) is 0.263. The standard InChI is InChI=1S/C19H18FN5OS2/c1-2-7-25-16(23-24-19(25)27)8-11-10-28-18(21-11)22-17(26)14-9-13(14)12-5-3-4-6-15(12)20/h2-6,10,13-14H,1,7-9H2,(H,24,27)(H,21,22,26)/t13-,14-/m0/s1. The molecule has 4 rings (SSSR count). The van der Waals surface area contributed by atoms with Crippen LogP contribution in [0, 0.1) is 16.5 Å². The number of H-pyrrole nitrogens is 1. The smallest absolute Gasteiger partial charge is 0.229 e. The quantitative estimate of drug-likeness (QED) is 0.451. The number of aromatic nitrogens is 4. The molecule has 1 aliphatic rings. The molecule has 0 aliphatic heterocycles. The van der Waals surface area contributed by atoms with E-state index in [4.69, 9.17) is 12.2 Å². The molecule has 2 aromatic heterocycles. The topological polar surface area (TPSA) is 75.6 Å². The minimum Gasteiger partial charge on any atom is -0.302 e. The Hall–Kier alpha value is -2.65. The number of rotatable bonds is 7. The fourth-order valence-electron chi connectivity index (χ4n) is 3.21. The lowest BCUT2D eigenvalue weighted by Crippen LogP contribution is -2.14. The van der Waals surface area contributed by atoms with Gasteiger partial charge in [-0.1, -0.05) is 24.3 Å². The summed E-state index contributed by atoms with van der Waals surface area (Å²) in [4.78, 5) is 16.9. The lowest BCUT2D eigenvalue weighted by atomic mass is 10.1. The zero-order valence-electron chi connectivity index (χ0n) is 14.9. The first kappa shape index (κ1) is 18.7. The summed E-state index contributed by atoms with van der Waals surface area (Å²) >= 11 is 6.57. The number of nitrogens with zero attached hydrogens (tertiary/aromatic N) is 3. The number of anilines is 1. The molecule has 0 bridgehead atoms. The van der Waals surface area contributed by atoms with Crippen LogP contribution in [-0.2, 0) is 17.8 Å². The number of allylic oxidation sites excluding steroid dienone is 1. The first-order valence-electron chi connectivity index (χ1n) is 8.81. The van der Waals surface area contributed by atoms with Gasteiger partial charge in [-0.05, 0) is 36.2 Å². The van der Waals surface area contributed by atoms with Crippen molar-refractivity contribution in [1.29, 1.82) is 0 Å². The Kier molecular flexibility index (Phi) is 5.19. The van der Waals surface area contributed by atoms with Gasteiger partial charge in [0.2, 0.25) is 5.91 Å². The molecule has 9 heteroatoms. The molecule has 0 saturated heterocycles. The minimum atomic E-state index is -0.257. The van der Waals surface area contributed by atoms with Gasteiger partial charge in [-0.2, -0.15) is 5.10 Å². The van der Waals surface area contributed by atoms with Crippen LogP contribution in [0.1, 0.15) is 29.4 Å². The van der Waals surface area contributed by atoms with Gasteiger partial charge in [-0.25, -0.2) is 9.37 Å². The molecule has 2 N–H and O–H groups in total. The summed E-state index contributed by atoms with van der Waals surface area (Å²) < 4.78 is 16.3. The summed E-state index contributed by atoms with van der Waals surface area (Å²) in [5, 5.41) is 12.3. The normalized spacial score (nSPS) is 18.0. The Balaban J connectivity index is 1.39. The monoisotopic (exact) mass is 415 g/mol. The van der Waals surface area contributed by atoms with Crippen molar-refractivity contribution < 1.29 is 9.18 Å². The zero-order valence-corrected chi connectivity index (χ0v) is 16.5. The van der Waals surface area contributed by atoms with Crippen LogP contribution < -0.4 is 5.32 Å². The number of hydrogen-bond donors (Lipinski definition) is 2. The Bertz CT molecular complexity index is 1090. The number of thiazole rings is 1. The summed E-state index contributed by atoms with van der Waals surface area (Å²) in [6.07, 6.45) is 2.90. The van der Waals surface area contributed by atoms with E-state index in [9.17, 15) is 9.18 Å². The van der Waals surface area contributed by atoms with E-state index in [1.54, 1.807) is 24.3 Å².